The summed E-state index contributed by atoms with van der Waals surface area (Å²) in [5.74, 6) is -0.339. The van der Waals surface area contributed by atoms with Crippen LogP contribution in [0.4, 0.5) is 13.2 Å². The molecule has 0 saturated carbocycles. The SMILES string of the molecule is NC(=O)CCCCCc1cccc(C(F)(F)F)c1. The van der Waals surface area contributed by atoms with Gasteiger partial charge in [0.05, 0.1) is 5.56 Å². The molecule has 0 aliphatic heterocycles. The van der Waals surface area contributed by atoms with E-state index < -0.39 is 11.7 Å². The van der Waals surface area contributed by atoms with Crippen LogP contribution in [0.2, 0.25) is 0 Å². The van der Waals surface area contributed by atoms with E-state index in [1.165, 1.54) is 12.1 Å². The van der Waals surface area contributed by atoms with Gasteiger partial charge < -0.3 is 5.73 Å². The summed E-state index contributed by atoms with van der Waals surface area (Å²) >= 11 is 0. The summed E-state index contributed by atoms with van der Waals surface area (Å²) in [6, 6.07) is 5.34. The molecule has 2 N–H and O–H groups in total. The highest BCUT2D eigenvalue weighted by Crippen LogP contribution is 2.29. The van der Waals surface area contributed by atoms with Crippen molar-refractivity contribution in [3.63, 3.8) is 0 Å². The van der Waals surface area contributed by atoms with Gasteiger partial charge in [-0.15, -0.1) is 0 Å². The molecule has 0 heterocycles. The lowest BCUT2D eigenvalue weighted by Gasteiger charge is -2.08. The summed E-state index contributed by atoms with van der Waals surface area (Å²) in [5, 5.41) is 0. The van der Waals surface area contributed by atoms with Crippen molar-refractivity contribution in [3.8, 4) is 0 Å². The van der Waals surface area contributed by atoms with Crippen molar-refractivity contribution < 1.29 is 18.0 Å². The molecule has 0 radical (unpaired) electrons. The Hall–Kier alpha value is -1.52. The van der Waals surface area contributed by atoms with Crippen LogP contribution in [-0.2, 0) is 17.4 Å². The van der Waals surface area contributed by atoms with Gasteiger partial charge in [0.1, 0.15) is 0 Å². The third kappa shape index (κ3) is 5.21. The van der Waals surface area contributed by atoms with Crippen LogP contribution in [-0.4, -0.2) is 5.91 Å². The first-order valence-corrected chi connectivity index (χ1v) is 5.84. The molecule has 0 unspecified atom stereocenters. The molecular weight excluding hydrogens is 243 g/mol. The molecule has 0 fully saturated rings. The maximum absolute atomic E-state index is 12.4. The van der Waals surface area contributed by atoms with Gasteiger partial charge >= 0.3 is 6.18 Å². The lowest BCUT2D eigenvalue weighted by Crippen LogP contribution is -2.09. The fourth-order valence-corrected chi connectivity index (χ4v) is 1.71. The summed E-state index contributed by atoms with van der Waals surface area (Å²) < 4.78 is 37.3. The summed E-state index contributed by atoms with van der Waals surface area (Å²) in [6.07, 6.45) is -1.13. The fourth-order valence-electron chi connectivity index (χ4n) is 1.71. The second kappa shape index (κ2) is 6.42. The lowest BCUT2D eigenvalue weighted by atomic mass is 10.0. The average molecular weight is 259 g/mol. The minimum absolute atomic E-state index is 0.336. The van der Waals surface area contributed by atoms with Crippen molar-refractivity contribution in [2.45, 2.75) is 38.3 Å². The van der Waals surface area contributed by atoms with Gasteiger partial charge in [-0.3, -0.25) is 4.79 Å². The smallest absolute Gasteiger partial charge is 0.370 e. The van der Waals surface area contributed by atoms with Gasteiger partial charge in [0.2, 0.25) is 5.91 Å². The maximum atomic E-state index is 12.4. The molecule has 0 aliphatic rings. The van der Waals surface area contributed by atoms with Crippen LogP contribution in [0.25, 0.3) is 0 Å². The number of benzene rings is 1. The number of hydrogen-bond donors (Lipinski definition) is 1. The molecule has 100 valence electrons. The van der Waals surface area contributed by atoms with Crippen molar-refractivity contribution in [2.75, 3.05) is 0 Å². The Labute approximate surface area is 104 Å². The van der Waals surface area contributed by atoms with Gasteiger partial charge in [0, 0.05) is 6.42 Å². The van der Waals surface area contributed by atoms with Crippen molar-refractivity contribution in [1.82, 2.24) is 0 Å². The summed E-state index contributed by atoms with van der Waals surface area (Å²) in [4.78, 5) is 10.5. The van der Waals surface area contributed by atoms with E-state index in [-0.39, 0.29) is 5.91 Å². The summed E-state index contributed by atoms with van der Waals surface area (Å²) in [6.45, 7) is 0. The largest absolute Gasteiger partial charge is 0.416 e. The monoisotopic (exact) mass is 259 g/mol. The van der Waals surface area contributed by atoms with Crippen LogP contribution in [0.5, 0.6) is 0 Å². The first-order chi connectivity index (χ1) is 8.39. The van der Waals surface area contributed by atoms with Crippen LogP contribution >= 0.6 is 0 Å². The van der Waals surface area contributed by atoms with Gasteiger partial charge in [-0.1, -0.05) is 24.6 Å². The summed E-state index contributed by atoms with van der Waals surface area (Å²) in [5.41, 5.74) is 5.05. The second-order valence-electron chi connectivity index (χ2n) is 4.23. The second-order valence-corrected chi connectivity index (χ2v) is 4.23. The zero-order valence-corrected chi connectivity index (χ0v) is 9.96. The third-order valence-corrected chi connectivity index (χ3v) is 2.64. The Morgan fingerprint density at radius 2 is 1.89 bits per heavy atom. The van der Waals surface area contributed by atoms with Crippen molar-refractivity contribution in [1.29, 1.82) is 0 Å². The Morgan fingerprint density at radius 1 is 1.17 bits per heavy atom. The topological polar surface area (TPSA) is 43.1 Å². The minimum atomic E-state index is -4.29. The zero-order valence-electron chi connectivity index (χ0n) is 9.96. The standard InChI is InChI=1S/C13H16F3NO/c14-13(15,16)11-7-4-6-10(9-11)5-2-1-3-8-12(17)18/h4,6-7,9H,1-3,5,8H2,(H2,17,18). The van der Waals surface area contributed by atoms with E-state index in [9.17, 15) is 18.0 Å². The molecular formula is C13H16F3NO. The first-order valence-electron chi connectivity index (χ1n) is 5.84. The van der Waals surface area contributed by atoms with Crippen LogP contribution in [0.15, 0.2) is 24.3 Å². The summed E-state index contributed by atoms with van der Waals surface area (Å²) in [7, 11) is 0. The van der Waals surface area contributed by atoms with Crippen LogP contribution in [0, 0.1) is 0 Å². The first kappa shape index (κ1) is 14.5. The number of alkyl halides is 3. The van der Waals surface area contributed by atoms with Gasteiger partial charge in [-0.25, -0.2) is 0 Å². The molecule has 1 aromatic rings. The van der Waals surface area contributed by atoms with E-state index in [0.29, 0.717) is 24.8 Å². The van der Waals surface area contributed by atoms with Crippen LogP contribution in [0.3, 0.4) is 0 Å². The quantitative estimate of drug-likeness (QED) is 0.783. The molecule has 0 atom stereocenters. The number of rotatable bonds is 6. The van der Waals surface area contributed by atoms with E-state index in [0.717, 1.165) is 18.9 Å². The molecule has 2 nitrogen and oxygen atoms in total. The van der Waals surface area contributed by atoms with Crippen molar-refractivity contribution in [2.24, 2.45) is 5.73 Å². The molecule has 0 bridgehead atoms. The highest BCUT2D eigenvalue weighted by atomic mass is 19.4. The number of halogens is 3. The molecule has 0 aromatic heterocycles. The van der Waals surface area contributed by atoms with Gasteiger partial charge in [-0.2, -0.15) is 13.2 Å². The number of carbonyl (C=O) groups is 1. The maximum Gasteiger partial charge on any atom is 0.416 e. The zero-order chi connectivity index (χ0) is 13.6. The normalized spacial score (nSPS) is 11.5. The number of unbranched alkanes of at least 4 members (excludes halogenated alkanes) is 2. The Balaban J connectivity index is 2.41. The molecule has 0 spiro atoms. The van der Waals surface area contributed by atoms with E-state index in [4.69, 9.17) is 5.73 Å². The molecule has 1 aromatic carbocycles. The highest BCUT2D eigenvalue weighted by Gasteiger charge is 2.30. The van der Waals surface area contributed by atoms with E-state index in [1.54, 1.807) is 6.07 Å². The Kier molecular flexibility index (Phi) is 5.19. The average Bonchev–Trinajstić information content (AvgIpc) is 2.27. The Morgan fingerprint density at radius 3 is 2.50 bits per heavy atom. The van der Waals surface area contributed by atoms with E-state index in [1.807, 2.05) is 0 Å². The number of amides is 1. The third-order valence-electron chi connectivity index (χ3n) is 2.64. The number of carbonyl (C=O) groups excluding carboxylic acids is 1. The number of primary amides is 1. The predicted octanol–water partition coefficient (Wildman–Crippen LogP) is 3.29. The molecule has 0 aliphatic carbocycles. The molecule has 5 heteroatoms. The van der Waals surface area contributed by atoms with Crippen molar-refractivity contribution in [3.05, 3.63) is 35.4 Å². The van der Waals surface area contributed by atoms with E-state index >= 15 is 0 Å². The number of aryl methyl sites for hydroxylation is 1. The number of nitrogens with two attached hydrogens (primary N) is 1. The fraction of sp³-hybridized carbons (Fsp3) is 0.462. The minimum Gasteiger partial charge on any atom is -0.370 e. The highest BCUT2D eigenvalue weighted by molar-refractivity contribution is 5.73. The molecule has 0 saturated heterocycles. The predicted molar refractivity (Wildman–Crippen MR) is 62.8 cm³/mol. The molecule has 1 amide bonds. The van der Waals surface area contributed by atoms with Crippen molar-refractivity contribution >= 4 is 5.91 Å². The van der Waals surface area contributed by atoms with Gasteiger partial charge in [0.25, 0.3) is 0 Å². The van der Waals surface area contributed by atoms with Gasteiger partial charge in [-0.05, 0) is 30.9 Å². The number of hydrogen-bond acceptors (Lipinski definition) is 1. The molecule has 18 heavy (non-hydrogen) atoms. The lowest BCUT2D eigenvalue weighted by molar-refractivity contribution is -0.137. The molecule has 1 rings (SSSR count). The van der Waals surface area contributed by atoms with Crippen LogP contribution in [0.1, 0.15) is 36.8 Å². The van der Waals surface area contributed by atoms with E-state index in [2.05, 4.69) is 0 Å². The van der Waals surface area contributed by atoms with Crippen LogP contribution < -0.4 is 5.73 Å². The van der Waals surface area contributed by atoms with Gasteiger partial charge in [0.15, 0.2) is 0 Å². The Bertz CT molecular complexity index is 401.